The number of amides is 1. The first kappa shape index (κ1) is 15.8. The van der Waals surface area contributed by atoms with Crippen molar-refractivity contribution in [1.29, 1.82) is 0 Å². The number of hydrogen-bond donors (Lipinski definition) is 1. The first-order valence-electron chi connectivity index (χ1n) is 6.77. The summed E-state index contributed by atoms with van der Waals surface area (Å²) in [5.41, 5.74) is 0.155. The molecule has 7 heteroatoms. The third-order valence-corrected chi connectivity index (χ3v) is 4.62. The van der Waals surface area contributed by atoms with Crippen molar-refractivity contribution in [1.82, 2.24) is 4.90 Å². The molecule has 0 radical (unpaired) electrons. The molecule has 0 bridgehead atoms. The van der Waals surface area contributed by atoms with Crippen molar-refractivity contribution < 1.29 is 22.5 Å². The predicted octanol–water partition coefficient (Wildman–Crippen LogP) is 1.81. The minimum atomic E-state index is -4.35. The van der Waals surface area contributed by atoms with Gasteiger partial charge in [-0.25, -0.2) is 0 Å². The van der Waals surface area contributed by atoms with Crippen molar-refractivity contribution in [2.45, 2.75) is 24.7 Å². The molecule has 1 aromatic carbocycles. The van der Waals surface area contributed by atoms with Crippen molar-refractivity contribution in [2.75, 3.05) is 20.2 Å². The molecule has 0 spiro atoms. The zero-order valence-electron chi connectivity index (χ0n) is 12.1. The van der Waals surface area contributed by atoms with E-state index in [0.717, 1.165) is 18.9 Å². The van der Waals surface area contributed by atoms with Gasteiger partial charge >= 0.3 is 0 Å². The van der Waals surface area contributed by atoms with Gasteiger partial charge in [-0.05, 0) is 37.0 Å². The highest BCUT2D eigenvalue weighted by atomic mass is 32.2. The van der Waals surface area contributed by atoms with Crippen molar-refractivity contribution >= 4 is 16.0 Å². The Hall–Kier alpha value is -1.60. The molecule has 1 aliphatic rings. The molecule has 1 heterocycles. The molecule has 6 nitrogen and oxygen atoms in total. The Balaban J connectivity index is 2.34. The Kier molecular flexibility index (Phi) is 4.53. The highest BCUT2D eigenvalue weighted by molar-refractivity contribution is 7.85. The number of likely N-dealkylation sites (tertiary alicyclic amines) is 1. The highest BCUT2D eigenvalue weighted by Gasteiger charge is 2.25. The van der Waals surface area contributed by atoms with Gasteiger partial charge in [0.15, 0.2) is 0 Å². The Morgan fingerprint density at radius 2 is 1.95 bits per heavy atom. The van der Waals surface area contributed by atoms with Crippen LogP contribution in [0.5, 0.6) is 5.75 Å². The van der Waals surface area contributed by atoms with Gasteiger partial charge in [0.05, 0.1) is 17.6 Å². The molecule has 0 saturated carbocycles. The average Bonchev–Trinajstić information content (AvgIpc) is 2.45. The summed E-state index contributed by atoms with van der Waals surface area (Å²) in [6, 6.07) is 3.75. The summed E-state index contributed by atoms with van der Waals surface area (Å²) >= 11 is 0. The maximum atomic E-state index is 12.5. The van der Waals surface area contributed by atoms with E-state index < -0.39 is 10.1 Å². The molecule has 0 unspecified atom stereocenters. The number of hydrogen-bond acceptors (Lipinski definition) is 4. The van der Waals surface area contributed by atoms with Crippen LogP contribution in [0.1, 0.15) is 30.1 Å². The molecule has 1 aromatic rings. The van der Waals surface area contributed by atoms with Crippen LogP contribution in [0, 0.1) is 5.92 Å². The van der Waals surface area contributed by atoms with E-state index in [0.29, 0.717) is 24.8 Å². The number of rotatable bonds is 3. The van der Waals surface area contributed by atoms with Gasteiger partial charge in [0.2, 0.25) is 0 Å². The van der Waals surface area contributed by atoms with E-state index >= 15 is 0 Å². The second kappa shape index (κ2) is 6.03. The number of carbonyl (C=O) groups excluding carboxylic acids is 1. The van der Waals surface area contributed by atoms with Crippen LogP contribution in [0.4, 0.5) is 0 Å². The van der Waals surface area contributed by atoms with Gasteiger partial charge in [0.25, 0.3) is 16.0 Å². The van der Waals surface area contributed by atoms with Crippen molar-refractivity contribution in [3.8, 4) is 5.75 Å². The zero-order chi connectivity index (χ0) is 15.6. The number of carbonyl (C=O) groups is 1. The Morgan fingerprint density at radius 3 is 2.48 bits per heavy atom. The van der Waals surface area contributed by atoms with E-state index in [1.165, 1.54) is 19.2 Å². The average molecular weight is 313 g/mol. The normalized spacial score (nSPS) is 16.8. The van der Waals surface area contributed by atoms with E-state index in [1.807, 2.05) is 0 Å². The van der Waals surface area contributed by atoms with Crippen LogP contribution < -0.4 is 4.74 Å². The number of benzene rings is 1. The summed E-state index contributed by atoms with van der Waals surface area (Å²) in [6.45, 7) is 3.42. The van der Waals surface area contributed by atoms with Crippen molar-refractivity contribution in [3.63, 3.8) is 0 Å². The SMILES string of the molecule is COc1ccc(S(=O)(=O)O)cc1C(=O)N1CCC(C)CC1. The molecule has 1 saturated heterocycles. The Labute approximate surface area is 124 Å². The van der Waals surface area contributed by atoms with Gasteiger partial charge in [0.1, 0.15) is 5.75 Å². The molecular formula is C14H19NO5S. The first-order chi connectivity index (χ1) is 9.82. The van der Waals surface area contributed by atoms with Crippen LogP contribution in [0.3, 0.4) is 0 Å². The van der Waals surface area contributed by atoms with Crippen molar-refractivity contribution in [3.05, 3.63) is 23.8 Å². The van der Waals surface area contributed by atoms with Gasteiger partial charge < -0.3 is 9.64 Å². The molecule has 1 aliphatic heterocycles. The van der Waals surface area contributed by atoms with Gasteiger partial charge in [-0.15, -0.1) is 0 Å². The number of piperidine rings is 1. The summed E-state index contributed by atoms with van der Waals surface area (Å²) in [4.78, 5) is 13.9. The van der Waals surface area contributed by atoms with Gasteiger partial charge in [-0.1, -0.05) is 6.92 Å². The minimum Gasteiger partial charge on any atom is -0.496 e. The van der Waals surface area contributed by atoms with Crippen molar-refractivity contribution in [2.24, 2.45) is 5.92 Å². The molecular weight excluding hydrogens is 294 g/mol. The summed E-state index contributed by atoms with van der Waals surface area (Å²) in [5, 5.41) is 0. The topological polar surface area (TPSA) is 83.9 Å². The van der Waals surface area contributed by atoms with Gasteiger partial charge in [-0.2, -0.15) is 8.42 Å². The van der Waals surface area contributed by atoms with E-state index in [4.69, 9.17) is 9.29 Å². The quantitative estimate of drug-likeness (QED) is 0.860. The van der Waals surface area contributed by atoms with Crippen LogP contribution in [-0.2, 0) is 10.1 Å². The van der Waals surface area contributed by atoms with Gasteiger partial charge in [-0.3, -0.25) is 9.35 Å². The fourth-order valence-corrected chi connectivity index (χ4v) is 2.90. The van der Waals surface area contributed by atoms with Crippen LogP contribution >= 0.6 is 0 Å². The maximum absolute atomic E-state index is 12.5. The number of methoxy groups -OCH3 is 1. The van der Waals surface area contributed by atoms with Crippen LogP contribution in [0.25, 0.3) is 0 Å². The van der Waals surface area contributed by atoms with Gasteiger partial charge in [0, 0.05) is 13.1 Å². The lowest BCUT2D eigenvalue weighted by Crippen LogP contribution is -2.38. The molecule has 0 atom stereocenters. The molecule has 0 aliphatic carbocycles. The lowest BCUT2D eigenvalue weighted by atomic mass is 9.98. The maximum Gasteiger partial charge on any atom is 0.294 e. The molecule has 0 aromatic heterocycles. The molecule has 1 amide bonds. The second-order valence-corrected chi connectivity index (χ2v) is 6.73. The summed E-state index contributed by atoms with van der Waals surface area (Å²) < 4.78 is 36.7. The van der Waals surface area contributed by atoms with E-state index in [-0.39, 0.29) is 16.4 Å². The zero-order valence-corrected chi connectivity index (χ0v) is 12.9. The third kappa shape index (κ3) is 3.54. The largest absolute Gasteiger partial charge is 0.496 e. The fourth-order valence-electron chi connectivity index (χ4n) is 2.40. The fraction of sp³-hybridized carbons (Fsp3) is 0.500. The molecule has 2 rings (SSSR count). The third-order valence-electron chi connectivity index (χ3n) is 3.77. The van der Waals surface area contributed by atoms with Crippen LogP contribution in [-0.4, -0.2) is 44.0 Å². The smallest absolute Gasteiger partial charge is 0.294 e. The number of ether oxygens (including phenoxy) is 1. The standard InChI is InChI=1S/C14H19NO5S/c1-10-5-7-15(8-6-10)14(16)12-9-11(21(17,18)19)3-4-13(12)20-2/h3-4,9-10H,5-8H2,1-2H3,(H,17,18,19). The summed E-state index contributed by atoms with van der Waals surface area (Å²) in [5.74, 6) is 0.607. The predicted molar refractivity (Wildman–Crippen MR) is 77.1 cm³/mol. The lowest BCUT2D eigenvalue weighted by molar-refractivity contribution is 0.0693. The molecule has 1 N–H and O–H groups in total. The van der Waals surface area contributed by atoms with Crippen LogP contribution in [0.15, 0.2) is 23.1 Å². The first-order valence-corrected chi connectivity index (χ1v) is 8.21. The minimum absolute atomic E-state index is 0.155. The van der Waals surface area contributed by atoms with E-state index in [2.05, 4.69) is 6.92 Å². The Bertz CT molecular complexity index is 633. The molecule has 1 fully saturated rings. The van der Waals surface area contributed by atoms with Crippen LogP contribution in [0.2, 0.25) is 0 Å². The monoisotopic (exact) mass is 313 g/mol. The van der Waals surface area contributed by atoms with E-state index in [9.17, 15) is 13.2 Å². The summed E-state index contributed by atoms with van der Waals surface area (Å²) in [7, 11) is -2.94. The van der Waals surface area contributed by atoms with E-state index in [1.54, 1.807) is 4.90 Å². The second-order valence-electron chi connectivity index (χ2n) is 5.31. The Morgan fingerprint density at radius 1 is 1.33 bits per heavy atom. The molecule has 116 valence electrons. The summed E-state index contributed by atoms with van der Waals surface area (Å²) in [6.07, 6.45) is 1.85. The number of nitrogens with zero attached hydrogens (tertiary/aromatic N) is 1. The highest BCUT2D eigenvalue weighted by Crippen LogP contribution is 2.26. The lowest BCUT2D eigenvalue weighted by Gasteiger charge is -2.30. The molecule has 21 heavy (non-hydrogen) atoms.